The first-order valence-electron chi connectivity index (χ1n) is 5.09. The van der Waals surface area contributed by atoms with Crippen LogP contribution in [0.2, 0.25) is 0 Å². The normalized spacial score (nSPS) is 31.2. The van der Waals surface area contributed by atoms with Crippen molar-refractivity contribution in [1.82, 2.24) is 4.90 Å². The fourth-order valence-corrected chi connectivity index (χ4v) is 1.71. The van der Waals surface area contributed by atoms with Crippen molar-refractivity contribution in [2.75, 3.05) is 19.6 Å². The molecule has 78 valence electrons. The summed E-state index contributed by atoms with van der Waals surface area (Å²) in [5.41, 5.74) is 5.36. The first kappa shape index (κ1) is 11.0. The van der Waals surface area contributed by atoms with Gasteiger partial charge < -0.3 is 15.7 Å². The van der Waals surface area contributed by atoms with Crippen molar-refractivity contribution >= 4 is 0 Å². The Morgan fingerprint density at radius 1 is 1.46 bits per heavy atom. The number of hydrogen-bond donors (Lipinski definition) is 2. The topological polar surface area (TPSA) is 49.5 Å². The largest absolute Gasteiger partial charge is 0.390 e. The van der Waals surface area contributed by atoms with Crippen LogP contribution in [0.1, 0.15) is 27.2 Å². The molecule has 3 heteroatoms. The molecule has 2 atom stereocenters. The Labute approximate surface area is 80.9 Å². The Balaban J connectivity index is 2.25. The highest BCUT2D eigenvalue weighted by atomic mass is 16.3. The van der Waals surface area contributed by atoms with E-state index in [0.717, 1.165) is 26.1 Å². The van der Waals surface area contributed by atoms with E-state index < -0.39 is 5.60 Å². The predicted molar refractivity (Wildman–Crippen MR) is 54.5 cm³/mol. The van der Waals surface area contributed by atoms with E-state index in [1.807, 2.05) is 13.8 Å². The molecule has 0 aliphatic carbocycles. The minimum Gasteiger partial charge on any atom is -0.390 e. The average Bonchev–Trinajstić information content (AvgIpc) is 2.27. The molecule has 0 radical (unpaired) electrons. The van der Waals surface area contributed by atoms with Crippen LogP contribution in [-0.2, 0) is 0 Å². The van der Waals surface area contributed by atoms with E-state index in [1.165, 1.54) is 0 Å². The summed E-state index contributed by atoms with van der Waals surface area (Å²) in [6.07, 6.45) is 0.826. The monoisotopic (exact) mass is 186 g/mol. The quantitative estimate of drug-likeness (QED) is 0.672. The van der Waals surface area contributed by atoms with E-state index in [4.69, 9.17) is 5.73 Å². The van der Waals surface area contributed by atoms with Gasteiger partial charge in [-0.15, -0.1) is 0 Å². The Kier molecular flexibility index (Phi) is 3.33. The van der Waals surface area contributed by atoms with Crippen molar-refractivity contribution in [2.24, 2.45) is 11.7 Å². The summed E-state index contributed by atoms with van der Waals surface area (Å²) in [5.74, 6) is 0.599. The lowest BCUT2D eigenvalue weighted by atomic mass is 10.1. The molecule has 0 aromatic heterocycles. The first-order chi connectivity index (χ1) is 5.88. The van der Waals surface area contributed by atoms with Crippen LogP contribution in [-0.4, -0.2) is 41.3 Å². The van der Waals surface area contributed by atoms with Crippen molar-refractivity contribution in [1.29, 1.82) is 0 Å². The maximum atomic E-state index is 9.55. The number of hydrogen-bond acceptors (Lipinski definition) is 3. The van der Waals surface area contributed by atoms with E-state index >= 15 is 0 Å². The maximum Gasteiger partial charge on any atom is 0.0603 e. The van der Waals surface area contributed by atoms with Crippen LogP contribution in [0.25, 0.3) is 0 Å². The SMILES string of the molecule is CC1CN(CCC(C)(C)O)CC1N. The van der Waals surface area contributed by atoms with E-state index in [1.54, 1.807) is 0 Å². The molecular formula is C10H22N2O. The van der Waals surface area contributed by atoms with Crippen molar-refractivity contribution in [3.63, 3.8) is 0 Å². The van der Waals surface area contributed by atoms with E-state index in [2.05, 4.69) is 11.8 Å². The first-order valence-corrected chi connectivity index (χ1v) is 5.09. The van der Waals surface area contributed by atoms with Crippen molar-refractivity contribution in [3.8, 4) is 0 Å². The van der Waals surface area contributed by atoms with E-state index in [-0.39, 0.29) is 0 Å². The van der Waals surface area contributed by atoms with Crippen molar-refractivity contribution in [3.05, 3.63) is 0 Å². The number of nitrogens with two attached hydrogens (primary N) is 1. The summed E-state index contributed by atoms with van der Waals surface area (Å²) in [6, 6.07) is 0.321. The number of rotatable bonds is 3. The van der Waals surface area contributed by atoms with Crippen molar-refractivity contribution < 1.29 is 5.11 Å². The van der Waals surface area contributed by atoms with Gasteiger partial charge in [0, 0.05) is 25.7 Å². The maximum absolute atomic E-state index is 9.55. The molecule has 0 saturated carbocycles. The minimum absolute atomic E-state index is 0.321. The molecule has 2 unspecified atom stereocenters. The molecule has 1 aliphatic rings. The fraction of sp³-hybridized carbons (Fsp3) is 1.00. The molecule has 1 heterocycles. The molecule has 0 amide bonds. The van der Waals surface area contributed by atoms with Gasteiger partial charge in [0.1, 0.15) is 0 Å². The zero-order chi connectivity index (χ0) is 10.1. The second-order valence-electron chi connectivity index (χ2n) is 4.96. The molecule has 13 heavy (non-hydrogen) atoms. The van der Waals surface area contributed by atoms with Gasteiger partial charge in [0.05, 0.1) is 5.60 Å². The zero-order valence-electron chi connectivity index (χ0n) is 8.95. The lowest BCUT2D eigenvalue weighted by Gasteiger charge is -2.22. The Morgan fingerprint density at radius 3 is 2.46 bits per heavy atom. The molecule has 1 saturated heterocycles. The second-order valence-corrected chi connectivity index (χ2v) is 4.96. The lowest BCUT2D eigenvalue weighted by Crippen LogP contribution is -2.32. The predicted octanol–water partition coefficient (Wildman–Crippen LogP) is 0.426. The van der Waals surface area contributed by atoms with E-state index in [0.29, 0.717) is 12.0 Å². The molecular weight excluding hydrogens is 164 g/mol. The van der Waals surface area contributed by atoms with Gasteiger partial charge in [0.15, 0.2) is 0 Å². The minimum atomic E-state index is -0.546. The summed E-state index contributed by atoms with van der Waals surface area (Å²) in [5, 5.41) is 9.55. The third kappa shape index (κ3) is 3.63. The van der Waals surface area contributed by atoms with Gasteiger partial charge in [-0.3, -0.25) is 0 Å². The molecule has 1 aliphatic heterocycles. The van der Waals surface area contributed by atoms with Crippen LogP contribution in [0.4, 0.5) is 0 Å². The number of aliphatic hydroxyl groups is 1. The average molecular weight is 186 g/mol. The molecule has 0 aromatic rings. The van der Waals surface area contributed by atoms with Gasteiger partial charge in [0.25, 0.3) is 0 Å². The van der Waals surface area contributed by atoms with Gasteiger partial charge in [-0.05, 0) is 26.2 Å². The lowest BCUT2D eigenvalue weighted by molar-refractivity contribution is 0.0601. The summed E-state index contributed by atoms with van der Waals surface area (Å²) in [7, 11) is 0. The summed E-state index contributed by atoms with van der Waals surface area (Å²) < 4.78 is 0. The summed E-state index contributed by atoms with van der Waals surface area (Å²) in [4.78, 5) is 2.34. The van der Waals surface area contributed by atoms with Gasteiger partial charge in [-0.2, -0.15) is 0 Å². The molecule has 1 rings (SSSR count). The van der Waals surface area contributed by atoms with Gasteiger partial charge in [-0.25, -0.2) is 0 Å². The number of nitrogens with zero attached hydrogens (tertiary/aromatic N) is 1. The van der Waals surface area contributed by atoms with E-state index in [9.17, 15) is 5.11 Å². The smallest absolute Gasteiger partial charge is 0.0603 e. The highest BCUT2D eigenvalue weighted by Crippen LogP contribution is 2.16. The van der Waals surface area contributed by atoms with Crippen LogP contribution < -0.4 is 5.73 Å². The molecule has 0 aromatic carbocycles. The highest BCUT2D eigenvalue weighted by Gasteiger charge is 2.27. The number of likely N-dealkylation sites (tertiary alicyclic amines) is 1. The third-order valence-electron chi connectivity index (χ3n) is 2.79. The molecule has 3 nitrogen and oxygen atoms in total. The molecule has 3 N–H and O–H groups in total. The summed E-state index contributed by atoms with van der Waals surface area (Å²) in [6.45, 7) is 8.92. The molecule has 1 fully saturated rings. The fourth-order valence-electron chi connectivity index (χ4n) is 1.71. The Morgan fingerprint density at radius 2 is 2.08 bits per heavy atom. The van der Waals surface area contributed by atoms with Crippen LogP contribution in [0.5, 0.6) is 0 Å². The van der Waals surface area contributed by atoms with Gasteiger partial charge >= 0.3 is 0 Å². The zero-order valence-corrected chi connectivity index (χ0v) is 8.95. The Hall–Kier alpha value is -0.120. The van der Waals surface area contributed by atoms with Gasteiger partial charge in [0.2, 0.25) is 0 Å². The third-order valence-corrected chi connectivity index (χ3v) is 2.79. The van der Waals surface area contributed by atoms with Crippen LogP contribution in [0.3, 0.4) is 0 Å². The molecule has 0 spiro atoms. The standard InChI is InChI=1S/C10H22N2O/c1-8-6-12(7-9(8)11)5-4-10(2,3)13/h8-9,13H,4-7,11H2,1-3H3. The van der Waals surface area contributed by atoms with Crippen LogP contribution in [0, 0.1) is 5.92 Å². The van der Waals surface area contributed by atoms with Gasteiger partial charge in [-0.1, -0.05) is 6.92 Å². The highest BCUT2D eigenvalue weighted by molar-refractivity contribution is 4.84. The van der Waals surface area contributed by atoms with Crippen LogP contribution >= 0.6 is 0 Å². The van der Waals surface area contributed by atoms with Crippen molar-refractivity contribution in [2.45, 2.75) is 38.8 Å². The van der Waals surface area contributed by atoms with Crippen LogP contribution in [0.15, 0.2) is 0 Å². The second kappa shape index (κ2) is 3.95. The summed E-state index contributed by atoms with van der Waals surface area (Å²) >= 11 is 0. The molecule has 0 bridgehead atoms. The Bertz CT molecular complexity index is 155.